The Morgan fingerprint density at radius 1 is 1.03 bits per heavy atom. The molecule has 2 heterocycles. The molecular weight excluding hydrogens is 378 g/mol. The van der Waals surface area contributed by atoms with Crippen LogP contribution >= 0.6 is 11.3 Å². The molecule has 156 valence electrons. The van der Waals surface area contributed by atoms with E-state index in [1.165, 1.54) is 60.6 Å². The number of rotatable bonds is 12. The topological polar surface area (TPSA) is 46.9 Å². The lowest BCUT2D eigenvalue weighted by Crippen LogP contribution is -2.25. The molecule has 0 spiro atoms. The summed E-state index contributed by atoms with van der Waals surface area (Å²) in [5.41, 5.74) is 2.00. The standard InChI is InChI=1S/C24H33N3OS/c1-3-4-5-6-7-8-9-12-15-25-23-19(2)16-27(24(28)26-23)17-20-18-29-22-14-11-10-13-21(20)22/h10-11,13-14,16,18H,3-9,12,15,17H2,1-2H3,(H,25,26,28). The molecule has 29 heavy (non-hydrogen) atoms. The number of nitrogens with zero attached hydrogens (tertiary/aromatic N) is 2. The summed E-state index contributed by atoms with van der Waals surface area (Å²) in [6, 6.07) is 8.33. The number of hydrogen-bond donors (Lipinski definition) is 1. The summed E-state index contributed by atoms with van der Waals surface area (Å²) < 4.78 is 2.97. The van der Waals surface area contributed by atoms with Crippen LogP contribution in [0.4, 0.5) is 5.82 Å². The zero-order chi connectivity index (χ0) is 20.5. The summed E-state index contributed by atoms with van der Waals surface area (Å²) in [6.45, 7) is 5.71. The van der Waals surface area contributed by atoms with Crippen molar-refractivity contribution in [3.8, 4) is 0 Å². The van der Waals surface area contributed by atoms with E-state index in [1.807, 2.05) is 25.3 Å². The molecule has 0 aliphatic carbocycles. The third kappa shape index (κ3) is 6.17. The van der Waals surface area contributed by atoms with Crippen molar-refractivity contribution >= 4 is 27.2 Å². The van der Waals surface area contributed by atoms with Crippen molar-refractivity contribution in [2.24, 2.45) is 0 Å². The molecule has 1 aromatic carbocycles. The molecule has 0 amide bonds. The van der Waals surface area contributed by atoms with Crippen LogP contribution in [0.5, 0.6) is 0 Å². The maximum Gasteiger partial charge on any atom is 0.349 e. The van der Waals surface area contributed by atoms with Crippen molar-refractivity contribution in [3.63, 3.8) is 0 Å². The first-order valence-electron chi connectivity index (χ1n) is 11.0. The number of hydrogen-bond acceptors (Lipinski definition) is 4. The molecule has 0 fully saturated rings. The van der Waals surface area contributed by atoms with Crippen molar-refractivity contribution < 1.29 is 0 Å². The first-order chi connectivity index (χ1) is 14.2. The number of benzene rings is 1. The molecule has 0 aliphatic rings. The van der Waals surface area contributed by atoms with Crippen LogP contribution in [0.1, 0.15) is 69.4 Å². The second-order valence-corrected chi connectivity index (χ2v) is 8.75. The Balaban J connectivity index is 1.50. The van der Waals surface area contributed by atoms with Crippen LogP contribution in [0.2, 0.25) is 0 Å². The minimum atomic E-state index is -0.190. The zero-order valence-corrected chi connectivity index (χ0v) is 18.6. The van der Waals surface area contributed by atoms with Crippen molar-refractivity contribution in [1.82, 2.24) is 9.55 Å². The van der Waals surface area contributed by atoms with Gasteiger partial charge in [0.1, 0.15) is 5.82 Å². The summed E-state index contributed by atoms with van der Waals surface area (Å²) in [5.74, 6) is 0.726. The Kier molecular flexibility index (Phi) is 8.29. The van der Waals surface area contributed by atoms with E-state index in [1.54, 1.807) is 15.9 Å². The van der Waals surface area contributed by atoms with Gasteiger partial charge < -0.3 is 5.32 Å². The van der Waals surface area contributed by atoms with Crippen molar-refractivity contribution in [3.05, 3.63) is 57.5 Å². The summed E-state index contributed by atoms with van der Waals surface area (Å²) in [7, 11) is 0. The second kappa shape index (κ2) is 11.1. The van der Waals surface area contributed by atoms with E-state index < -0.39 is 0 Å². The van der Waals surface area contributed by atoms with E-state index in [2.05, 4.69) is 34.7 Å². The lowest BCUT2D eigenvalue weighted by atomic mass is 10.1. The molecule has 0 saturated carbocycles. The minimum Gasteiger partial charge on any atom is -0.370 e. The van der Waals surface area contributed by atoms with Gasteiger partial charge >= 0.3 is 5.69 Å². The highest BCUT2D eigenvalue weighted by atomic mass is 32.1. The van der Waals surface area contributed by atoms with Gasteiger partial charge in [-0.25, -0.2) is 4.79 Å². The van der Waals surface area contributed by atoms with Crippen LogP contribution in [0.25, 0.3) is 10.1 Å². The van der Waals surface area contributed by atoms with Crippen molar-refractivity contribution in [1.29, 1.82) is 0 Å². The fourth-order valence-electron chi connectivity index (χ4n) is 3.69. The van der Waals surface area contributed by atoms with Crippen molar-refractivity contribution in [2.45, 2.75) is 71.8 Å². The molecule has 0 radical (unpaired) electrons. The molecule has 0 atom stereocenters. The van der Waals surface area contributed by atoms with E-state index in [4.69, 9.17) is 0 Å². The molecular formula is C24H33N3OS. The molecule has 0 aliphatic heterocycles. The van der Waals surface area contributed by atoms with Crippen LogP contribution in [0, 0.1) is 6.92 Å². The highest BCUT2D eigenvalue weighted by Gasteiger charge is 2.09. The molecule has 0 bridgehead atoms. The van der Waals surface area contributed by atoms with E-state index >= 15 is 0 Å². The first kappa shape index (κ1) is 21.6. The van der Waals surface area contributed by atoms with Gasteiger partial charge in [-0.05, 0) is 35.7 Å². The van der Waals surface area contributed by atoms with Gasteiger partial charge in [-0.3, -0.25) is 4.57 Å². The normalized spacial score (nSPS) is 11.2. The maximum absolute atomic E-state index is 12.5. The molecule has 4 nitrogen and oxygen atoms in total. The molecule has 5 heteroatoms. The third-order valence-corrected chi connectivity index (χ3v) is 6.41. The number of thiophene rings is 1. The summed E-state index contributed by atoms with van der Waals surface area (Å²) >= 11 is 1.72. The van der Waals surface area contributed by atoms with Gasteiger partial charge in [0.25, 0.3) is 0 Å². The first-order valence-corrected chi connectivity index (χ1v) is 11.8. The Morgan fingerprint density at radius 3 is 2.55 bits per heavy atom. The van der Waals surface area contributed by atoms with Gasteiger partial charge in [0.05, 0.1) is 6.54 Å². The lowest BCUT2D eigenvalue weighted by molar-refractivity contribution is 0.581. The lowest BCUT2D eigenvalue weighted by Gasteiger charge is -2.11. The van der Waals surface area contributed by atoms with Crippen molar-refractivity contribution in [2.75, 3.05) is 11.9 Å². The van der Waals surface area contributed by atoms with Crippen LogP contribution < -0.4 is 11.0 Å². The van der Waals surface area contributed by atoms with E-state index in [0.717, 1.165) is 24.3 Å². The maximum atomic E-state index is 12.5. The predicted octanol–water partition coefficient (Wildman–Crippen LogP) is 6.37. The van der Waals surface area contributed by atoms with Gasteiger partial charge in [0.15, 0.2) is 0 Å². The highest BCUT2D eigenvalue weighted by molar-refractivity contribution is 7.17. The van der Waals surface area contributed by atoms with Gasteiger partial charge in [-0.1, -0.05) is 70.1 Å². The van der Waals surface area contributed by atoms with Crippen LogP contribution in [-0.2, 0) is 6.54 Å². The Morgan fingerprint density at radius 2 is 1.76 bits per heavy atom. The summed E-state index contributed by atoms with van der Waals surface area (Å²) in [6.07, 6.45) is 12.3. The van der Waals surface area contributed by atoms with E-state index in [-0.39, 0.29) is 5.69 Å². The molecule has 3 aromatic rings. The van der Waals surface area contributed by atoms with Gasteiger partial charge in [-0.2, -0.15) is 4.98 Å². The average Bonchev–Trinajstić information content (AvgIpc) is 3.13. The number of fused-ring (bicyclic) bond motifs is 1. The SMILES string of the molecule is CCCCCCCCCCNc1nc(=O)n(Cc2csc3ccccc23)cc1C. The molecule has 2 aromatic heterocycles. The minimum absolute atomic E-state index is 0.190. The number of aromatic nitrogens is 2. The smallest absolute Gasteiger partial charge is 0.349 e. The predicted molar refractivity (Wildman–Crippen MR) is 125 cm³/mol. The van der Waals surface area contributed by atoms with Gasteiger partial charge in [-0.15, -0.1) is 11.3 Å². The number of nitrogens with one attached hydrogen (secondary N) is 1. The van der Waals surface area contributed by atoms with E-state index in [0.29, 0.717) is 6.54 Å². The van der Waals surface area contributed by atoms with Gasteiger partial charge in [0, 0.05) is 23.0 Å². The Hall–Kier alpha value is -2.14. The van der Waals surface area contributed by atoms with Crippen LogP contribution in [0.3, 0.4) is 0 Å². The molecule has 1 N–H and O–H groups in total. The molecule has 0 saturated heterocycles. The summed E-state index contributed by atoms with van der Waals surface area (Å²) in [5, 5.41) is 6.72. The average molecular weight is 412 g/mol. The van der Waals surface area contributed by atoms with Crippen LogP contribution in [-0.4, -0.2) is 16.1 Å². The molecule has 3 rings (SSSR count). The summed E-state index contributed by atoms with van der Waals surface area (Å²) in [4.78, 5) is 16.8. The number of anilines is 1. The Labute approximate surface area is 178 Å². The molecule has 0 unspecified atom stereocenters. The number of unbranched alkanes of at least 4 members (excludes halogenated alkanes) is 7. The zero-order valence-electron chi connectivity index (χ0n) is 17.7. The highest BCUT2D eigenvalue weighted by Crippen LogP contribution is 2.26. The van der Waals surface area contributed by atoms with E-state index in [9.17, 15) is 4.79 Å². The fourth-order valence-corrected chi connectivity index (χ4v) is 4.65. The van der Waals surface area contributed by atoms with Gasteiger partial charge in [0.2, 0.25) is 0 Å². The third-order valence-electron chi connectivity index (χ3n) is 5.40. The Bertz CT molecular complexity index is 960. The van der Waals surface area contributed by atoms with Crippen LogP contribution in [0.15, 0.2) is 40.6 Å². The monoisotopic (exact) mass is 411 g/mol. The quantitative estimate of drug-likeness (QED) is 0.352. The second-order valence-electron chi connectivity index (χ2n) is 7.84. The fraction of sp³-hybridized carbons (Fsp3) is 0.500. The largest absolute Gasteiger partial charge is 0.370 e. The number of aryl methyl sites for hydroxylation is 1.